The van der Waals surface area contributed by atoms with Gasteiger partial charge in [-0.15, -0.1) is 0 Å². The van der Waals surface area contributed by atoms with Crippen molar-refractivity contribution in [3.05, 3.63) is 36.0 Å². The first kappa shape index (κ1) is 15.2. The fourth-order valence-electron chi connectivity index (χ4n) is 3.82. The van der Waals surface area contributed by atoms with E-state index in [4.69, 9.17) is 0 Å². The van der Waals surface area contributed by atoms with E-state index in [0.717, 1.165) is 25.0 Å². The van der Waals surface area contributed by atoms with E-state index in [1.54, 1.807) is 4.90 Å². The minimum atomic E-state index is -0.297. The molecular weight excluding hydrogens is 304 g/mol. The highest BCUT2D eigenvalue weighted by molar-refractivity contribution is 6.04. The van der Waals surface area contributed by atoms with Gasteiger partial charge in [0.1, 0.15) is 6.04 Å². The van der Waals surface area contributed by atoms with Gasteiger partial charge in [-0.05, 0) is 25.0 Å². The van der Waals surface area contributed by atoms with E-state index in [1.807, 2.05) is 13.0 Å². The molecule has 6 nitrogen and oxygen atoms in total. The van der Waals surface area contributed by atoms with Crippen molar-refractivity contribution in [1.82, 2.24) is 19.7 Å². The van der Waals surface area contributed by atoms with Crippen molar-refractivity contribution in [1.29, 1.82) is 0 Å². The maximum absolute atomic E-state index is 12.4. The SMILES string of the molecule is CCN1C(=O)C2CN(CCc3c[nH]c4ccccc34)CCN2C1=O. The van der Waals surface area contributed by atoms with Gasteiger partial charge < -0.3 is 9.88 Å². The van der Waals surface area contributed by atoms with Gasteiger partial charge in [0.15, 0.2) is 0 Å². The number of carbonyl (C=O) groups is 2. The van der Waals surface area contributed by atoms with Gasteiger partial charge in [-0.1, -0.05) is 18.2 Å². The van der Waals surface area contributed by atoms with E-state index in [2.05, 4.69) is 34.3 Å². The number of hydrogen-bond donors (Lipinski definition) is 1. The van der Waals surface area contributed by atoms with Gasteiger partial charge in [0, 0.05) is 49.8 Å². The predicted octanol–water partition coefficient (Wildman–Crippen LogP) is 1.68. The molecule has 0 saturated carbocycles. The Morgan fingerprint density at radius 1 is 1.21 bits per heavy atom. The number of aromatic amines is 1. The number of hydrogen-bond acceptors (Lipinski definition) is 3. The van der Waals surface area contributed by atoms with E-state index < -0.39 is 0 Å². The van der Waals surface area contributed by atoms with E-state index in [1.165, 1.54) is 15.8 Å². The van der Waals surface area contributed by atoms with Gasteiger partial charge in [-0.2, -0.15) is 0 Å². The minimum absolute atomic E-state index is 0.0423. The third-order valence-electron chi connectivity index (χ3n) is 5.18. The fraction of sp³-hybridized carbons (Fsp3) is 0.444. The summed E-state index contributed by atoms with van der Waals surface area (Å²) in [6, 6.07) is 7.89. The Bertz CT molecular complexity index is 784. The number of nitrogens with one attached hydrogen (secondary N) is 1. The van der Waals surface area contributed by atoms with E-state index >= 15 is 0 Å². The summed E-state index contributed by atoms with van der Waals surface area (Å²) in [6.45, 7) is 5.32. The highest BCUT2D eigenvalue weighted by atomic mass is 16.2. The molecule has 4 rings (SSSR count). The standard InChI is InChI=1S/C18H22N4O2/c1-2-21-17(23)16-12-20(9-10-22(16)18(21)24)8-7-13-11-19-15-6-4-3-5-14(13)15/h3-6,11,16,19H,2,7-10,12H2,1H3. The molecule has 1 N–H and O–H groups in total. The summed E-state index contributed by atoms with van der Waals surface area (Å²) >= 11 is 0. The molecule has 126 valence electrons. The van der Waals surface area contributed by atoms with E-state index in [0.29, 0.717) is 19.6 Å². The number of piperazine rings is 1. The maximum atomic E-state index is 12.4. The van der Waals surface area contributed by atoms with Gasteiger partial charge in [-0.3, -0.25) is 14.6 Å². The van der Waals surface area contributed by atoms with Crippen LogP contribution in [0.1, 0.15) is 12.5 Å². The molecule has 1 atom stereocenters. The van der Waals surface area contributed by atoms with Crippen LogP contribution < -0.4 is 0 Å². The number of likely N-dealkylation sites (N-methyl/N-ethyl adjacent to an activating group) is 1. The van der Waals surface area contributed by atoms with Crippen molar-refractivity contribution in [2.45, 2.75) is 19.4 Å². The number of carbonyl (C=O) groups excluding carboxylic acids is 2. The molecule has 6 heteroatoms. The normalized spacial score (nSPS) is 21.8. The predicted molar refractivity (Wildman–Crippen MR) is 91.7 cm³/mol. The molecule has 2 aromatic rings. The van der Waals surface area contributed by atoms with Crippen LogP contribution in [0.3, 0.4) is 0 Å². The lowest BCUT2D eigenvalue weighted by atomic mass is 10.1. The molecule has 2 saturated heterocycles. The highest BCUT2D eigenvalue weighted by Gasteiger charge is 2.46. The average molecular weight is 326 g/mol. The second-order valence-electron chi connectivity index (χ2n) is 6.48. The first-order chi connectivity index (χ1) is 11.7. The lowest BCUT2D eigenvalue weighted by molar-refractivity contribution is -0.129. The summed E-state index contributed by atoms with van der Waals surface area (Å²) in [5.41, 5.74) is 2.46. The minimum Gasteiger partial charge on any atom is -0.361 e. The average Bonchev–Trinajstić information content (AvgIpc) is 3.12. The molecule has 3 amide bonds. The zero-order chi connectivity index (χ0) is 16.7. The van der Waals surface area contributed by atoms with Crippen LogP contribution in [0.15, 0.2) is 30.5 Å². The summed E-state index contributed by atoms with van der Waals surface area (Å²) < 4.78 is 0. The zero-order valence-electron chi connectivity index (χ0n) is 13.9. The topological polar surface area (TPSA) is 59.7 Å². The number of rotatable bonds is 4. The number of fused-ring (bicyclic) bond motifs is 2. The lowest BCUT2D eigenvalue weighted by Crippen LogP contribution is -2.53. The van der Waals surface area contributed by atoms with Gasteiger partial charge >= 0.3 is 6.03 Å². The summed E-state index contributed by atoms with van der Waals surface area (Å²) in [5.74, 6) is -0.0423. The molecule has 2 aliphatic heterocycles. The van der Waals surface area contributed by atoms with Gasteiger partial charge in [0.2, 0.25) is 0 Å². The Morgan fingerprint density at radius 3 is 2.88 bits per heavy atom. The monoisotopic (exact) mass is 326 g/mol. The Hall–Kier alpha value is -2.34. The summed E-state index contributed by atoms with van der Waals surface area (Å²) in [6.07, 6.45) is 3.01. The number of nitrogens with zero attached hydrogens (tertiary/aromatic N) is 3. The first-order valence-corrected chi connectivity index (χ1v) is 8.58. The second-order valence-corrected chi connectivity index (χ2v) is 6.48. The molecule has 3 heterocycles. The summed E-state index contributed by atoms with van der Waals surface area (Å²) in [7, 11) is 0. The molecule has 0 radical (unpaired) electrons. The number of imide groups is 1. The Balaban J connectivity index is 1.42. The van der Waals surface area contributed by atoms with Gasteiger partial charge in [0.05, 0.1) is 0 Å². The van der Waals surface area contributed by atoms with Crippen LogP contribution >= 0.6 is 0 Å². The van der Waals surface area contributed by atoms with Crippen LogP contribution in [0.2, 0.25) is 0 Å². The molecule has 2 fully saturated rings. The largest absolute Gasteiger partial charge is 0.361 e. The quantitative estimate of drug-likeness (QED) is 0.870. The number of para-hydroxylation sites is 1. The Morgan fingerprint density at radius 2 is 2.04 bits per heavy atom. The maximum Gasteiger partial charge on any atom is 0.327 e. The molecule has 1 aromatic heterocycles. The molecule has 0 aliphatic carbocycles. The number of amides is 3. The third-order valence-corrected chi connectivity index (χ3v) is 5.18. The molecule has 0 bridgehead atoms. The third kappa shape index (κ3) is 2.38. The number of urea groups is 1. The van der Waals surface area contributed by atoms with Crippen LogP contribution in [0.25, 0.3) is 10.9 Å². The first-order valence-electron chi connectivity index (χ1n) is 8.58. The van der Waals surface area contributed by atoms with E-state index in [-0.39, 0.29) is 18.0 Å². The van der Waals surface area contributed by atoms with Crippen molar-refractivity contribution in [3.8, 4) is 0 Å². The highest BCUT2D eigenvalue weighted by Crippen LogP contribution is 2.23. The second kappa shape index (κ2) is 5.94. The molecular formula is C18H22N4O2. The van der Waals surface area contributed by atoms with Crippen molar-refractivity contribution in [3.63, 3.8) is 0 Å². The van der Waals surface area contributed by atoms with Crippen molar-refractivity contribution in [2.75, 3.05) is 32.7 Å². The zero-order valence-corrected chi connectivity index (χ0v) is 13.9. The van der Waals surface area contributed by atoms with Crippen molar-refractivity contribution >= 4 is 22.8 Å². The molecule has 24 heavy (non-hydrogen) atoms. The smallest absolute Gasteiger partial charge is 0.327 e. The summed E-state index contributed by atoms with van der Waals surface area (Å²) in [4.78, 5) is 33.3. The van der Waals surface area contributed by atoms with Crippen LogP contribution in [0.4, 0.5) is 4.79 Å². The molecule has 1 unspecified atom stereocenters. The number of aromatic nitrogens is 1. The Kier molecular flexibility index (Phi) is 3.76. The van der Waals surface area contributed by atoms with Crippen LogP contribution in [0, 0.1) is 0 Å². The van der Waals surface area contributed by atoms with Crippen LogP contribution in [0.5, 0.6) is 0 Å². The van der Waals surface area contributed by atoms with Gasteiger partial charge in [0.25, 0.3) is 5.91 Å². The number of H-pyrrole nitrogens is 1. The van der Waals surface area contributed by atoms with E-state index in [9.17, 15) is 9.59 Å². The fourth-order valence-corrected chi connectivity index (χ4v) is 3.82. The lowest BCUT2D eigenvalue weighted by Gasteiger charge is -2.35. The molecule has 0 spiro atoms. The molecule has 1 aromatic carbocycles. The van der Waals surface area contributed by atoms with Crippen molar-refractivity contribution in [2.24, 2.45) is 0 Å². The van der Waals surface area contributed by atoms with Crippen molar-refractivity contribution < 1.29 is 9.59 Å². The van der Waals surface area contributed by atoms with Gasteiger partial charge in [-0.25, -0.2) is 4.79 Å². The van der Waals surface area contributed by atoms with Crippen LogP contribution in [-0.2, 0) is 11.2 Å². The Labute approximate surface area is 141 Å². The van der Waals surface area contributed by atoms with Crippen LogP contribution in [-0.4, -0.2) is 70.4 Å². The molecule has 2 aliphatic rings. The summed E-state index contributed by atoms with van der Waals surface area (Å²) in [5, 5.41) is 1.26. The number of benzene rings is 1.